The van der Waals surface area contributed by atoms with Crippen molar-refractivity contribution in [1.29, 1.82) is 0 Å². The second-order valence-electron chi connectivity index (χ2n) is 8.13. The maximum absolute atomic E-state index is 12.2. The first kappa shape index (κ1) is 21.3. The number of hydrogen-bond donors (Lipinski definition) is 3. The molecule has 1 aromatic heterocycles. The minimum atomic E-state index is -0.961. The van der Waals surface area contributed by atoms with Gasteiger partial charge in [-0.3, -0.25) is 19.6 Å². The summed E-state index contributed by atoms with van der Waals surface area (Å²) in [6.45, 7) is 1.12. The van der Waals surface area contributed by atoms with Gasteiger partial charge in [0.1, 0.15) is 6.61 Å². The summed E-state index contributed by atoms with van der Waals surface area (Å²) < 4.78 is 12.2. The average molecular weight is 430 g/mol. The summed E-state index contributed by atoms with van der Waals surface area (Å²) in [6.07, 6.45) is 1.06. The summed E-state index contributed by atoms with van der Waals surface area (Å²) in [5, 5.41) is 20.7. The molecule has 166 valence electrons. The van der Waals surface area contributed by atoms with Crippen molar-refractivity contribution in [1.82, 2.24) is 20.4 Å². The Balaban J connectivity index is 1.39. The summed E-state index contributed by atoms with van der Waals surface area (Å²) in [4.78, 5) is 35.7. The Morgan fingerprint density at radius 1 is 1.39 bits per heavy atom. The monoisotopic (exact) mass is 430 g/mol. The van der Waals surface area contributed by atoms with E-state index in [2.05, 4.69) is 15.7 Å². The molecular weight excluding hydrogens is 404 g/mol. The van der Waals surface area contributed by atoms with Crippen LogP contribution in [0.2, 0.25) is 0 Å². The number of aryl methyl sites for hydroxylation is 1. The highest BCUT2D eigenvalue weighted by Crippen LogP contribution is 2.30. The number of aromatic nitrogens is 2. The third kappa shape index (κ3) is 4.70. The Kier molecular flexibility index (Phi) is 5.92. The summed E-state index contributed by atoms with van der Waals surface area (Å²) in [6, 6.07) is 5.53. The third-order valence-corrected chi connectivity index (χ3v) is 5.87. The molecule has 0 spiro atoms. The minimum Gasteiger partial charge on any atom is -0.445 e. The number of alkyl carbamates (subject to hydrolysis) is 1. The van der Waals surface area contributed by atoms with Crippen LogP contribution in [0.15, 0.2) is 18.2 Å². The summed E-state index contributed by atoms with van der Waals surface area (Å²) in [5.74, 6) is -1.06. The topological polar surface area (TPSA) is 132 Å². The van der Waals surface area contributed by atoms with E-state index in [-0.39, 0.29) is 31.4 Å². The van der Waals surface area contributed by atoms with Crippen molar-refractivity contribution in [2.45, 2.75) is 43.8 Å². The molecule has 3 heterocycles. The number of nitrogens with one attached hydrogen (secondary N) is 2. The number of ether oxygens (including phenoxy) is 2. The lowest BCUT2D eigenvalue weighted by Crippen LogP contribution is -2.46. The molecule has 0 aliphatic carbocycles. The van der Waals surface area contributed by atoms with Gasteiger partial charge in [0.05, 0.1) is 22.7 Å². The Morgan fingerprint density at radius 3 is 2.90 bits per heavy atom. The lowest BCUT2D eigenvalue weighted by molar-refractivity contribution is -0.134. The van der Waals surface area contributed by atoms with Crippen LogP contribution in [0.3, 0.4) is 0 Å². The molecule has 0 bridgehead atoms. The third-order valence-electron chi connectivity index (χ3n) is 5.87. The summed E-state index contributed by atoms with van der Waals surface area (Å²) in [5.41, 5.74) is 1.25. The van der Waals surface area contributed by atoms with Crippen LogP contribution in [0.4, 0.5) is 4.79 Å². The maximum atomic E-state index is 12.2. The Morgan fingerprint density at radius 2 is 2.16 bits per heavy atom. The largest absolute Gasteiger partial charge is 0.445 e. The van der Waals surface area contributed by atoms with Crippen LogP contribution in [0.1, 0.15) is 42.9 Å². The van der Waals surface area contributed by atoms with E-state index in [4.69, 9.17) is 9.47 Å². The molecule has 2 aliphatic heterocycles. The van der Waals surface area contributed by atoms with Gasteiger partial charge < -0.3 is 19.9 Å². The van der Waals surface area contributed by atoms with Gasteiger partial charge in [0, 0.05) is 51.5 Å². The number of nitrogens with zero attached hydrogens (tertiary/aromatic N) is 2. The van der Waals surface area contributed by atoms with Gasteiger partial charge in [0.2, 0.25) is 11.8 Å². The van der Waals surface area contributed by atoms with Crippen molar-refractivity contribution in [3.63, 3.8) is 0 Å². The number of carbonyl (C=O) groups excluding carboxylic acids is 3. The van der Waals surface area contributed by atoms with Crippen LogP contribution in [0.5, 0.6) is 0 Å². The fraction of sp³-hybridized carbons (Fsp3) is 0.524. The second-order valence-corrected chi connectivity index (χ2v) is 8.13. The summed E-state index contributed by atoms with van der Waals surface area (Å²) >= 11 is 0. The van der Waals surface area contributed by atoms with E-state index in [1.165, 1.54) is 0 Å². The molecule has 2 aliphatic rings. The highest BCUT2D eigenvalue weighted by molar-refractivity contribution is 6.02. The number of imide groups is 1. The van der Waals surface area contributed by atoms with Gasteiger partial charge in [-0.25, -0.2) is 4.79 Å². The zero-order chi connectivity index (χ0) is 22.0. The number of fused-ring (bicyclic) bond motifs is 1. The van der Waals surface area contributed by atoms with Crippen molar-refractivity contribution < 1.29 is 29.0 Å². The lowest BCUT2D eigenvalue weighted by Gasteiger charge is -2.31. The number of rotatable bonds is 5. The van der Waals surface area contributed by atoms with Crippen molar-refractivity contribution in [3.8, 4) is 0 Å². The minimum absolute atomic E-state index is 0.0578. The molecule has 2 saturated heterocycles. The predicted octanol–water partition coefficient (Wildman–Crippen LogP) is 0.861. The van der Waals surface area contributed by atoms with Gasteiger partial charge in [-0.1, -0.05) is 12.1 Å². The van der Waals surface area contributed by atoms with Crippen molar-refractivity contribution in [3.05, 3.63) is 29.5 Å². The molecule has 31 heavy (non-hydrogen) atoms. The van der Waals surface area contributed by atoms with Crippen molar-refractivity contribution in [2.75, 3.05) is 19.8 Å². The van der Waals surface area contributed by atoms with E-state index in [0.717, 1.165) is 16.5 Å². The van der Waals surface area contributed by atoms with Gasteiger partial charge in [-0.2, -0.15) is 5.10 Å². The molecule has 0 radical (unpaired) electrons. The molecule has 1 atom stereocenters. The number of benzene rings is 1. The standard InChI is InChI=1S/C21H26N4O6/c1-25-16-10-13(11-31-20(28)22-12-21(29)6-8-30-9-7-21)2-3-14(16)18(24-25)15-4-5-17(26)23-19(15)27/h2-3,10,15,29H,4-9,11-12H2,1H3,(H,22,28)(H,23,26,27). The van der Waals surface area contributed by atoms with Crippen LogP contribution < -0.4 is 10.6 Å². The highest BCUT2D eigenvalue weighted by atomic mass is 16.5. The van der Waals surface area contributed by atoms with E-state index in [0.29, 0.717) is 38.2 Å². The number of hydrogen-bond acceptors (Lipinski definition) is 7. The molecule has 1 aromatic carbocycles. The zero-order valence-electron chi connectivity index (χ0n) is 17.3. The molecule has 3 N–H and O–H groups in total. The predicted molar refractivity (Wildman–Crippen MR) is 109 cm³/mol. The fourth-order valence-electron chi connectivity index (χ4n) is 4.00. The van der Waals surface area contributed by atoms with E-state index >= 15 is 0 Å². The van der Waals surface area contributed by atoms with Crippen LogP contribution in [0, 0.1) is 0 Å². The first-order valence-corrected chi connectivity index (χ1v) is 10.3. The quantitative estimate of drug-likeness (QED) is 0.600. The van der Waals surface area contributed by atoms with E-state index in [1.54, 1.807) is 11.7 Å². The normalized spacial score (nSPS) is 21.0. The zero-order valence-corrected chi connectivity index (χ0v) is 17.3. The molecule has 10 nitrogen and oxygen atoms in total. The van der Waals surface area contributed by atoms with Gasteiger partial charge in [-0.15, -0.1) is 0 Å². The Bertz CT molecular complexity index is 1010. The molecule has 4 rings (SSSR count). The van der Waals surface area contributed by atoms with Crippen LogP contribution in [-0.4, -0.2) is 58.2 Å². The van der Waals surface area contributed by atoms with E-state index in [1.807, 2.05) is 18.2 Å². The smallest absolute Gasteiger partial charge is 0.407 e. The van der Waals surface area contributed by atoms with Crippen molar-refractivity contribution >= 4 is 28.8 Å². The average Bonchev–Trinajstić information content (AvgIpc) is 3.07. The summed E-state index contributed by atoms with van der Waals surface area (Å²) in [7, 11) is 1.78. The van der Waals surface area contributed by atoms with Crippen LogP contribution in [0.25, 0.3) is 10.9 Å². The Hall–Kier alpha value is -2.98. The molecular formula is C21H26N4O6. The number of carbonyl (C=O) groups is 3. The van der Waals surface area contributed by atoms with E-state index in [9.17, 15) is 19.5 Å². The van der Waals surface area contributed by atoms with Crippen LogP contribution >= 0.6 is 0 Å². The van der Waals surface area contributed by atoms with Gasteiger partial charge in [0.25, 0.3) is 0 Å². The maximum Gasteiger partial charge on any atom is 0.407 e. The highest BCUT2D eigenvalue weighted by Gasteiger charge is 2.32. The van der Waals surface area contributed by atoms with Gasteiger partial charge in [-0.05, 0) is 18.1 Å². The molecule has 2 aromatic rings. The first-order chi connectivity index (χ1) is 14.8. The van der Waals surface area contributed by atoms with E-state index < -0.39 is 17.6 Å². The number of amides is 3. The molecule has 2 fully saturated rings. The lowest BCUT2D eigenvalue weighted by atomic mass is 9.92. The molecule has 1 unspecified atom stereocenters. The Labute approximate surface area is 178 Å². The number of aliphatic hydroxyl groups is 1. The fourth-order valence-corrected chi connectivity index (χ4v) is 4.00. The molecule has 3 amide bonds. The second kappa shape index (κ2) is 8.64. The van der Waals surface area contributed by atoms with Crippen molar-refractivity contribution in [2.24, 2.45) is 7.05 Å². The first-order valence-electron chi connectivity index (χ1n) is 10.3. The number of piperidine rings is 1. The van der Waals surface area contributed by atoms with Crippen LogP contribution in [-0.2, 0) is 32.7 Å². The molecule has 0 saturated carbocycles. The van der Waals surface area contributed by atoms with Gasteiger partial charge >= 0.3 is 6.09 Å². The SMILES string of the molecule is Cn1nc(C2CCC(=O)NC2=O)c2ccc(COC(=O)NCC3(O)CCOCC3)cc21. The molecule has 10 heteroatoms. The van der Waals surface area contributed by atoms with Gasteiger partial charge in [0.15, 0.2) is 0 Å².